The number of fused-ring (bicyclic) bond motifs is 6. The number of hydrogen-bond donors (Lipinski definition) is 1. The van der Waals surface area contributed by atoms with Crippen molar-refractivity contribution in [3.63, 3.8) is 0 Å². The van der Waals surface area contributed by atoms with Crippen LogP contribution in [0, 0.1) is 35.0 Å². The van der Waals surface area contributed by atoms with E-state index >= 15 is 0 Å². The van der Waals surface area contributed by atoms with E-state index in [0.717, 1.165) is 44.6 Å². The van der Waals surface area contributed by atoms with E-state index in [1.807, 2.05) is 25.7 Å². The zero-order chi connectivity index (χ0) is 26.5. The van der Waals surface area contributed by atoms with E-state index < -0.39 is 5.60 Å². The summed E-state index contributed by atoms with van der Waals surface area (Å²) in [5.41, 5.74) is 4.15. The number of rotatable bonds is 0. The number of aliphatic hydroxyl groups is 1. The molecule has 37 heavy (non-hydrogen) atoms. The van der Waals surface area contributed by atoms with Crippen LogP contribution in [-0.2, 0) is 9.47 Å². The summed E-state index contributed by atoms with van der Waals surface area (Å²) in [6.07, 6.45) is 10.8. The highest BCUT2D eigenvalue weighted by molar-refractivity contribution is 5.69. The van der Waals surface area contributed by atoms with E-state index in [2.05, 4.69) is 33.8 Å². The summed E-state index contributed by atoms with van der Waals surface area (Å²) in [4.78, 5) is 15.4. The van der Waals surface area contributed by atoms with Crippen LogP contribution in [0.2, 0.25) is 0 Å². The third kappa shape index (κ3) is 3.88. The fourth-order valence-corrected chi connectivity index (χ4v) is 9.85. The summed E-state index contributed by atoms with van der Waals surface area (Å²) in [5, 5.41) is 10.4. The lowest BCUT2D eigenvalue weighted by atomic mass is 9.56. The van der Waals surface area contributed by atoms with Crippen LogP contribution in [0.1, 0.15) is 99.8 Å². The van der Waals surface area contributed by atoms with Gasteiger partial charge in [0.15, 0.2) is 0 Å². The van der Waals surface area contributed by atoms with E-state index in [1.54, 1.807) is 5.57 Å². The number of nitrogens with zero attached hydrogens (tertiary/aromatic N) is 1. The Morgan fingerprint density at radius 1 is 1.19 bits per heavy atom. The van der Waals surface area contributed by atoms with Crippen LogP contribution in [0.4, 0.5) is 4.79 Å². The summed E-state index contributed by atoms with van der Waals surface area (Å²) in [7, 11) is 0. The summed E-state index contributed by atoms with van der Waals surface area (Å²) < 4.78 is 13.0. The van der Waals surface area contributed by atoms with Gasteiger partial charge in [-0.1, -0.05) is 38.0 Å². The van der Waals surface area contributed by atoms with Crippen molar-refractivity contribution in [2.45, 2.75) is 129 Å². The lowest BCUT2D eigenvalue weighted by Gasteiger charge is -2.49. The minimum Gasteiger partial charge on any atom is -0.444 e. The Bertz CT molecular complexity index is 1020. The van der Waals surface area contributed by atoms with Crippen molar-refractivity contribution < 1.29 is 19.4 Å². The summed E-state index contributed by atoms with van der Waals surface area (Å²) in [5.74, 6) is 2.73. The van der Waals surface area contributed by atoms with E-state index in [0.29, 0.717) is 17.8 Å². The first-order valence-electron chi connectivity index (χ1n) is 15.1. The number of allylic oxidation sites excluding steroid dienone is 2. The number of amides is 1. The standard InChI is InChI=1S/C32H49NO4/c1-18-14-27-28(33(17-18)29(35)37-30(4,5)6)20(3)32(36-27)13-11-23-24-9-8-21-15-22(34)10-12-31(21,7)26(24)16-25(23)19(32)2/h8,18,20,22-24,26-28,34H,9-17H2,1-7H3/t18-,20-,22-,23-,24+,26+,27-,28+,31-,32+/m1/s1. The monoisotopic (exact) mass is 511 g/mol. The van der Waals surface area contributed by atoms with Gasteiger partial charge in [0.2, 0.25) is 0 Å². The second-order valence-corrected chi connectivity index (χ2v) is 14.8. The Morgan fingerprint density at radius 2 is 1.95 bits per heavy atom. The predicted molar refractivity (Wildman–Crippen MR) is 145 cm³/mol. The van der Waals surface area contributed by atoms with E-state index in [9.17, 15) is 9.90 Å². The first-order chi connectivity index (χ1) is 17.3. The smallest absolute Gasteiger partial charge is 0.410 e. The quantitative estimate of drug-likeness (QED) is 0.370. The number of likely N-dealkylation sites (tertiary alicyclic amines) is 1. The van der Waals surface area contributed by atoms with Crippen molar-refractivity contribution in [2.24, 2.45) is 35.0 Å². The van der Waals surface area contributed by atoms with Crippen molar-refractivity contribution in [1.29, 1.82) is 0 Å². The summed E-state index contributed by atoms with van der Waals surface area (Å²) in [6.45, 7) is 16.1. The predicted octanol–water partition coefficient (Wildman–Crippen LogP) is 6.65. The Morgan fingerprint density at radius 3 is 2.68 bits per heavy atom. The number of carbonyl (C=O) groups excluding carboxylic acids is 1. The van der Waals surface area contributed by atoms with Gasteiger partial charge in [-0.15, -0.1) is 0 Å². The molecule has 4 fully saturated rings. The molecule has 6 aliphatic rings. The third-order valence-corrected chi connectivity index (χ3v) is 11.6. The van der Waals surface area contributed by atoms with E-state index in [-0.39, 0.29) is 41.3 Å². The molecule has 1 amide bonds. The maximum Gasteiger partial charge on any atom is 0.410 e. The number of ether oxygens (including phenoxy) is 2. The molecule has 2 heterocycles. The molecular formula is C32H49NO4. The molecule has 0 bridgehead atoms. The molecule has 6 rings (SSSR count). The first-order valence-corrected chi connectivity index (χ1v) is 15.1. The zero-order valence-electron chi connectivity index (χ0n) is 24.2. The molecule has 0 unspecified atom stereocenters. The maximum atomic E-state index is 13.4. The molecule has 5 nitrogen and oxygen atoms in total. The minimum atomic E-state index is -0.498. The first kappa shape index (κ1) is 25.9. The van der Waals surface area contributed by atoms with E-state index in [1.165, 1.54) is 30.4 Å². The highest BCUT2D eigenvalue weighted by Crippen LogP contribution is 2.65. The third-order valence-electron chi connectivity index (χ3n) is 11.6. The number of piperidine rings is 1. The molecule has 1 N–H and O–H groups in total. The van der Waals surface area contributed by atoms with Gasteiger partial charge in [0.25, 0.3) is 0 Å². The molecule has 0 radical (unpaired) electrons. The van der Waals surface area contributed by atoms with Crippen LogP contribution >= 0.6 is 0 Å². The molecule has 10 atom stereocenters. The molecule has 4 aliphatic carbocycles. The molecule has 2 saturated carbocycles. The Kier molecular flexibility index (Phi) is 6.01. The zero-order valence-corrected chi connectivity index (χ0v) is 24.2. The van der Waals surface area contributed by atoms with Crippen LogP contribution < -0.4 is 0 Å². The fraction of sp³-hybridized carbons (Fsp3) is 0.844. The van der Waals surface area contributed by atoms with Gasteiger partial charge in [-0.2, -0.15) is 0 Å². The van der Waals surface area contributed by atoms with Gasteiger partial charge in [0, 0.05) is 12.5 Å². The molecule has 1 spiro atoms. The second kappa shape index (κ2) is 8.58. The van der Waals surface area contributed by atoms with Gasteiger partial charge in [-0.3, -0.25) is 0 Å². The molecule has 0 aromatic rings. The van der Waals surface area contributed by atoms with Gasteiger partial charge in [-0.25, -0.2) is 4.79 Å². The van der Waals surface area contributed by atoms with E-state index in [4.69, 9.17) is 9.47 Å². The van der Waals surface area contributed by atoms with Gasteiger partial charge in [-0.05, 0) is 114 Å². The normalized spacial score (nSPS) is 47.2. The van der Waals surface area contributed by atoms with Crippen molar-refractivity contribution >= 4 is 6.09 Å². The van der Waals surface area contributed by atoms with Crippen LogP contribution in [0.25, 0.3) is 0 Å². The SMILES string of the molecule is CC1=C2C[C@H]3[C@@H](CC=C4C[C@H](O)CC[C@]43C)[C@H]2CC[C@]12O[C@@H]1C[C@@H](C)CN(C(=O)OC(C)(C)C)[C@H]1[C@H]2C. The molecule has 5 heteroatoms. The van der Waals surface area contributed by atoms with Crippen LogP contribution in [0.5, 0.6) is 0 Å². The Hall–Kier alpha value is -1.33. The fourth-order valence-electron chi connectivity index (χ4n) is 9.85. The largest absolute Gasteiger partial charge is 0.444 e. The highest BCUT2D eigenvalue weighted by Gasteiger charge is 2.62. The molecule has 0 aromatic carbocycles. The second-order valence-electron chi connectivity index (χ2n) is 14.8. The lowest BCUT2D eigenvalue weighted by molar-refractivity contribution is -0.0668. The minimum absolute atomic E-state index is 0.0763. The average Bonchev–Trinajstić information content (AvgIpc) is 3.32. The van der Waals surface area contributed by atoms with Crippen molar-refractivity contribution in [1.82, 2.24) is 4.90 Å². The summed E-state index contributed by atoms with van der Waals surface area (Å²) in [6, 6.07) is 0.0763. The van der Waals surface area contributed by atoms with Gasteiger partial charge in [0.1, 0.15) is 5.60 Å². The van der Waals surface area contributed by atoms with Crippen LogP contribution in [-0.4, -0.2) is 52.1 Å². The van der Waals surface area contributed by atoms with Gasteiger partial charge in [0.05, 0.1) is 23.9 Å². The van der Waals surface area contributed by atoms with Crippen LogP contribution in [0.3, 0.4) is 0 Å². The average molecular weight is 512 g/mol. The van der Waals surface area contributed by atoms with Crippen molar-refractivity contribution in [2.75, 3.05) is 6.54 Å². The maximum absolute atomic E-state index is 13.4. The Balaban J connectivity index is 1.31. The number of aliphatic hydroxyl groups excluding tert-OH is 1. The molecule has 0 aromatic heterocycles. The number of hydrogen-bond acceptors (Lipinski definition) is 4. The highest BCUT2D eigenvalue weighted by atomic mass is 16.6. The summed E-state index contributed by atoms with van der Waals surface area (Å²) >= 11 is 0. The van der Waals surface area contributed by atoms with Crippen molar-refractivity contribution in [3.8, 4) is 0 Å². The van der Waals surface area contributed by atoms with Crippen molar-refractivity contribution in [3.05, 3.63) is 22.8 Å². The van der Waals surface area contributed by atoms with Crippen LogP contribution in [0.15, 0.2) is 22.8 Å². The van der Waals surface area contributed by atoms with Gasteiger partial charge < -0.3 is 19.5 Å². The molecule has 2 aliphatic heterocycles. The molecule has 2 saturated heterocycles. The topological polar surface area (TPSA) is 59.0 Å². The van der Waals surface area contributed by atoms with Gasteiger partial charge >= 0.3 is 6.09 Å². The molecule has 206 valence electrons. The lowest BCUT2D eigenvalue weighted by Crippen LogP contribution is -2.55. The number of carbonyl (C=O) groups is 1. The molecular weight excluding hydrogens is 462 g/mol. The Labute approximate surface area is 224 Å².